The van der Waals surface area contributed by atoms with Crippen molar-refractivity contribution in [3.63, 3.8) is 0 Å². The molecule has 2 aromatic carbocycles. The maximum absolute atomic E-state index is 13.9. The summed E-state index contributed by atoms with van der Waals surface area (Å²) in [6, 6.07) is 11.7. The molecule has 0 atom stereocenters. The Hall–Kier alpha value is -2.43. The van der Waals surface area contributed by atoms with Crippen LogP contribution in [0.25, 0.3) is 0 Å². The number of nitrogens with zero attached hydrogens (tertiary/aromatic N) is 2. The summed E-state index contributed by atoms with van der Waals surface area (Å²) in [5, 5.41) is 0. The molecule has 1 amide bonds. The van der Waals surface area contributed by atoms with E-state index in [1.54, 1.807) is 9.80 Å². The van der Waals surface area contributed by atoms with Crippen molar-refractivity contribution in [3.05, 3.63) is 65.2 Å². The van der Waals surface area contributed by atoms with Crippen LogP contribution in [0.2, 0.25) is 0 Å². The maximum atomic E-state index is 13.9. The zero-order valence-corrected chi connectivity index (χ0v) is 13.6. The van der Waals surface area contributed by atoms with Crippen LogP contribution in [-0.2, 0) is 11.2 Å². The van der Waals surface area contributed by atoms with Crippen molar-refractivity contribution in [1.82, 2.24) is 4.90 Å². The van der Waals surface area contributed by atoms with E-state index >= 15 is 0 Å². The van der Waals surface area contributed by atoms with Gasteiger partial charge in [-0.05, 0) is 30.2 Å². The highest BCUT2D eigenvalue weighted by Crippen LogP contribution is 2.24. The standard InChI is InChI=1S/C19H20F2N2O/c1-14-5-2-3-6-15(14)13-18(24)22-9-11-23(12-10-22)19-16(20)7-4-8-17(19)21/h2-8H,9-13H2,1H3. The van der Waals surface area contributed by atoms with E-state index in [1.165, 1.54) is 18.2 Å². The Balaban J connectivity index is 1.63. The van der Waals surface area contributed by atoms with Gasteiger partial charge in [-0.1, -0.05) is 30.3 Å². The van der Waals surface area contributed by atoms with Crippen LogP contribution in [0, 0.1) is 18.6 Å². The van der Waals surface area contributed by atoms with Crippen LogP contribution >= 0.6 is 0 Å². The third-order valence-electron chi connectivity index (χ3n) is 4.49. The highest BCUT2D eigenvalue weighted by molar-refractivity contribution is 5.79. The number of halogens is 2. The molecule has 3 rings (SSSR count). The van der Waals surface area contributed by atoms with E-state index in [1.807, 2.05) is 31.2 Å². The highest BCUT2D eigenvalue weighted by atomic mass is 19.1. The minimum atomic E-state index is -0.560. The van der Waals surface area contributed by atoms with Crippen LogP contribution in [0.5, 0.6) is 0 Å². The SMILES string of the molecule is Cc1ccccc1CC(=O)N1CCN(c2c(F)cccc2F)CC1. The van der Waals surface area contributed by atoms with Gasteiger partial charge in [-0.15, -0.1) is 0 Å². The van der Waals surface area contributed by atoms with Gasteiger partial charge in [0.15, 0.2) is 0 Å². The Morgan fingerprint density at radius 3 is 2.21 bits per heavy atom. The molecule has 0 spiro atoms. The second-order valence-electron chi connectivity index (χ2n) is 6.04. The summed E-state index contributed by atoms with van der Waals surface area (Å²) in [7, 11) is 0. The van der Waals surface area contributed by atoms with Crippen LogP contribution in [0.15, 0.2) is 42.5 Å². The second kappa shape index (κ2) is 6.99. The first-order chi connectivity index (χ1) is 11.6. The number of para-hydroxylation sites is 1. The molecule has 1 saturated heterocycles. The molecule has 0 aromatic heterocycles. The molecule has 5 heteroatoms. The van der Waals surface area contributed by atoms with Gasteiger partial charge in [-0.25, -0.2) is 8.78 Å². The number of hydrogen-bond acceptors (Lipinski definition) is 2. The zero-order chi connectivity index (χ0) is 17.1. The van der Waals surface area contributed by atoms with Crippen molar-refractivity contribution < 1.29 is 13.6 Å². The lowest BCUT2D eigenvalue weighted by atomic mass is 10.1. The summed E-state index contributed by atoms with van der Waals surface area (Å²) in [5.41, 5.74) is 2.12. The van der Waals surface area contributed by atoms with Crippen molar-refractivity contribution in [2.24, 2.45) is 0 Å². The Morgan fingerprint density at radius 2 is 1.58 bits per heavy atom. The Morgan fingerprint density at radius 1 is 0.958 bits per heavy atom. The summed E-state index contributed by atoms with van der Waals surface area (Å²) in [5.74, 6) is -1.07. The molecule has 126 valence electrons. The van der Waals surface area contributed by atoms with Gasteiger partial charge in [0.25, 0.3) is 0 Å². The summed E-state index contributed by atoms with van der Waals surface area (Å²) < 4.78 is 27.7. The number of aryl methyl sites for hydroxylation is 1. The largest absolute Gasteiger partial charge is 0.363 e. The van der Waals surface area contributed by atoms with Crippen LogP contribution < -0.4 is 4.90 Å². The lowest BCUT2D eigenvalue weighted by Crippen LogP contribution is -2.49. The maximum Gasteiger partial charge on any atom is 0.227 e. The molecule has 0 unspecified atom stereocenters. The zero-order valence-electron chi connectivity index (χ0n) is 13.6. The number of amides is 1. The van der Waals surface area contributed by atoms with Crippen molar-refractivity contribution >= 4 is 11.6 Å². The normalized spacial score (nSPS) is 14.8. The van der Waals surface area contributed by atoms with Crippen molar-refractivity contribution in [3.8, 4) is 0 Å². The lowest BCUT2D eigenvalue weighted by Gasteiger charge is -2.36. The minimum Gasteiger partial charge on any atom is -0.363 e. The number of piperazine rings is 1. The quantitative estimate of drug-likeness (QED) is 0.863. The van der Waals surface area contributed by atoms with Gasteiger partial charge in [0.1, 0.15) is 17.3 Å². The van der Waals surface area contributed by atoms with Gasteiger partial charge >= 0.3 is 0 Å². The van der Waals surface area contributed by atoms with Crippen LogP contribution in [0.3, 0.4) is 0 Å². The number of rotatable bonds is 3. The fourth-order valence-electron chi connectivity index (χ4n) is 3.05. The summed E-state index contributed by atoms with van der Waals surface area (Å²) in [6.07, 6.45) is 0.362. The van der Waals surface area contributed by atoms with E-state index in [0.29, 0.717) is 32.6 Å². The van der Waals surface area contributed by atoms with E-state index in [-0.39, 0.29) is 11.6 Å². The fraction of sp³-hybridized carbons (Fsp3) is 0.316. The van der Waals surface area contributed by atoms with E-state index in [9.17, 15) is 13.6 Å². The van der Waals surface area contributed by atoms with Crippen molar-refractivity contribution in [2.45, 2.75) is 13.3 Å². The molecule has 1 heterocycles. The van der Waals surface area contributed by atoms with E-state index in [2.05, 4.69) is 0 Å². The van der Waals surface area contributed by atoms with Gasteiger partial charge in [0.05, 0.1) is 6.42 Å². The molecule has 3 nitrogen and oxygen atoms in total. The molecular weight excluding hydrogens is 310 g/mol. The summed E-state index contributed by atoms with van der Waals surface area (Å²) >= 11 is 0. The highest BCUT2D eigenvalue weighted by Gasteiger charge is 2.24. The average Bonchev–Trinajstić information content (AvgIpc) is 2.57. The molecule has 0 saturated carbocycles. The Bertz CT molecular complexity index is 720. The molecule has 1 aliphatic rings. The minimum absolute atomic E-state index is 0.00324. The van der Waals surface area contributed by atoms with E-state index < -0.39 is 11.6 Å². The first kappa shape index (κ1) is 16.4. The Kier molecular flexibility index (Phi) is 4.79. The summed E-state index contributed by atoms with van der Waals surface area (Å²) in [4.78, 5) is 15.9. The molecule has 0 bridgehead atoms. The molecule has 0 radical (unpaired) electrons. The monoisotopic (exact) mass is 330 g/mol. The van der Waals surface area contributed by atoms with Crippen LogP contribution in [-0.4, -0.2) is 37.0 Å². The summed E-state index contributed by atoms with van der Waals surface area (Å²) in [6.45, 7) is 3.78. The topological polar surface area (TPSA) is 23.6 Å². The van der Waals surface area contributed by atoms with Crippen molar-refractivity contribution in [1.29, 1.82) is 0 Å². The fourth-order valence-corrected chi connectivity index (χ4v) is 3.05. The predicted octanol–water partition coefficient (Wildman–Crippen LogP) is 3.16. The molecule has 24 heavy (non-hydrogen) atoms. The van der Waals surface area contributed by atoms with Crippen molar-refractivity contribution in [2.75, 3.05) is 31.1 Å². The predicted molar refractivity (Wildman–Crippen MR) is 90.0 cm³/mol. The van der Waals surface area contributed by atoms with Gasteiger partial charge in [-0.3, -0.25) is 4.79 Å². The third-order valence-corrected chi connectivity index (χ3v) is 4.49. The smallest absolute Gasteiger partial charge is 0.227 e. The van der Waals surface area contributed by atoms with E-state index in [0.717, 1.165) is 11.1 Å². The lowest BCUT2D eigenvalue weighted by molar-refractivity contribution is -0.130. The molecular formula is C19H20F2N2O. The first-order valence-electron chi connectivity index (χ1n) is 8.07. The molecule has 2 aromatic rings. The van der Waals surface area contributed by atoms with Gasteiger partial charge in [-0.2, -0.15) is 0 Å². The number of carbonyl (C=O) groups is 1. The number of hydrogen-bond donors (Lipinski definition) is 0. The molecule has 0 N–H and O–H groups in total. The Labute approximate surface area is 140 Å². The number of anilines is 1. The van der Waals surface area contributed by atoms with Gasteiger partial charge in [0.2, 0.25) is 5.91 Å². The van der Waals surface area contributed by atoms with Crippen LogP contribution in [0.4, 0.5) is 14.5 Å². The van der Waals surface area contributed by atoms with E-state index in [4.69, 9.17) is 0 Å². The van der Waals surface area contributed by atoms with Crippen LogP contribution in [0.1, 0.15) is 11.1 Å². The average molecular weight is 330 g/mol. The molecule has 0 aliphatic carbocycles. The second-order valence-corrected chi connectivity index (χ2v) is 6.04. The van der Waals surface area contributed by atoms with Gasteiger partial charge < -0.3 is 9.80 Å². The molecule has 1 fully saturated rings. The third kappa shape index (κ3) is 3.40. The number of benzene rings is 2. The van der Waals surface area contributed by atoms with Gasteiger partial charge in [0, 0.05) is 26.2 Å². The molecule has 1 aliphatic heterocycles. The number of carbonyl (C=O) groups excluding carboxylic acids is 1. The first-order valence-corrected chi connectivity index (χ1v) is 8.07.